The molecule has 1 aromatic carbocycles. The number of carbonyl (C=O) groups is 1. The predicted octanol–water partition coefficient (Wildman–Crippen LogP) is 4.55. The van der Waals surface area contributed by atoms with Crippen molar-refractivity contribution < 1.29 is 13.2 Å². The van der Waals surface area contributed by atoms with Crippen LogP contribution in [0.2, 0.25) is 0 Å². The summed E-state index contributed by atoms with van der Waals surface area (Å²) in [5, 5.41) is 5.75. The fraction of sp³-hybridized carbons (Fsp3) is 0.565. The van der Waals surface area contributed by atoms with Crippen molar-refractivity contribution in [3.8, 4) is 0 Å². The van der Waals surface area contributed by atoms with Crippen molar-refractivity contribution in [1.82, 2.24) is 9.71 Å². The number of anilines is 1. The van der Waals surface area contributed by atoms with Gasteiger partial charge < -0.3 is 5.32 Å². The van der Waals surface area contributed by atoms with E-state index in [0.29, 0.717) is 23.4 Å². The van der Waals surface area contributed by atoms with E-state index in [-0.39, 0.29) is 23.3 Å². The molecule has 4 unspecified atom stereocenters. The lowest BCUT2D eigenvalue weighted by molar-refractivity contribution is -0.115. The van der Waals surface area contributed by atoms with Crippen LogP contribution in [0, 0.1) is 17.8 Å². The third-order valence-electron chi connectivity index (χ3n) is 6.63. The van der Waals surface area contributed by atoms with E-state index in [0.717, 1.165) is 23.0 Å². The highest BCUT2D eigenvalue weighted by atomic mass is 32.2. The number of rotatable bonds is 8. The van der Waals surface area contributed by atoms with Crippen molar-refractivity contribution in [3.63, 3.8) is 0 Å². The van der Waals surface area contributed by atoms with Gasteiger partial charge in [-0.2, -0.15) is 0 Å². The summed E-state index contributed by atoms with van der Waals surface area (Å²) < 4.78 is 28.5. The number of nitrogens with zero attached hydrogens (tertiary/aromatic N) is 1. The van der Waals surface area contributed by atoms with Gasteiger partial charge in [0.2, 0.25) is 15.9 Å². The van der Waals surface area contributed by atoms with Gasteiger partial charge in [0.1, 0.15) is 0 Å². The number of nitrogens with one attached hydrogen (secondary N) is 2. The van der Waals surface area contributed by atoms with Crippen molar-refractivity contribution in [2.75, 3.05) is 5.32 Å². The summed E-state index contributed by atoms with van der Waals surface area (Å²) in [5.74, 6) is 2.06. The Morgan fingerprint density at radius 3 is 2.48 bits per heavy atom. The zero-order chi connectivity index (χ0) is 22.2. The van der Waals surface area contributed by atoms with Crippen LogP contribution in [0.5, 0.6) is 0 Å². The monoisotopic (exact) mass is 461 g/mol. The molecule has 0 aliphatic heterocycles. The average Bonchev–Trinajstić information content (AvgIpc) is 3.45. The van der Waals surface area contributed by atoms with Gasteiger partial charge in [-0.05, 0) is 68.2 Å². The second-order valence-corrected chi connectivity index (χ2v) is 11.9. The summed E-state index contributed by atoms with van der Waals surface area (Å²) in [5.41, 5.74) is 1.33. The minimum atomic E-state index is -3.58. The van der Waals surface area contributed by atoms with Gasteiger partial charge >= 0.3 is 0 Å². The van der Waals surface area contributed by atoms with E-state index in [1.165, 1.54) is 19.3 Å². The normalized spacial score (nSPS) is 23.9. The van der Waals surface area contributed by atoms with E-state index in [9.17, 15) is 13.2 Å². The molecule has 2 bridgehead atoms. The van der Waals surface area contributed by atoms with Crippen LogP contribution in [-0.4, -0.2) is 25.4 Å². The molecule has 6 nitrogen and oxygen atoms in total. The highest BCUT2D eigenvalue weighted by molar-refractivity contribution is 7.89. The first-order valence-electron chi connectivity index (χ1n) is 11.1. The molecule has 0 saturated heterocycles. The number of sulfonamides is 1. The Hall–Kier alpha value is -1.77. The maximum atomic E-state index is 12.8. The van der Waals surface area contributed by atoms with Crippen LogP contribution in [0.15, 0.2) is 34.5 Å². The van der Waals surface area contributed by atoms with Crippen molar-refractivity contribution in [2.45, 2.75) is 69.7 Å². The van der Waals surface area contributed by atoms with E-state index in [4.69, 9.17) is 0 Å². The molecule has 31 heavy (non-hydrogen) atoms. The molecule has 1 aromatic heterocycles. The summed E-state index contributed by atoms with van der Waals surface area (Å²) in [6, 6.07) is 6.30. The molecule has 2 fully saturated rings. The molecule has 1 amide bonds. The first-order chi connectivity index (χ1) is 14.7. The SMILES string of the molecule is CC(C)c1nc(CC(=O)Nc2ccc(S(=O)(=O)NC(C)C3CC4CCC3C4)cc2)cs1. The van der Waals surface area contributed by atoms with Gasteiger partial charge in [-0.3, -0.25) is 4.79 Å². The molecule has 8 heteroatoms. The minimum Gasteiger partial charge on any atom is -0.326 e. The minimum absolute atomic E-state index is 0.0616. The Kier molecular flexibility index (Phi) is 6.51. The number of thiazole rings is 1. The Balaban J connectivity index is 1.33. The van der Waals surface area contributed by atoms with Crippen LogP contribution in [0.25, 0.3) is 0 Å². The molecule has 0 radical (unpaired) electrons. The number of aromatic nitrogens is 1. The van der Waals surface area contributed by atoms with Crippen molar-refractivity contribution >= 4 is 33.0 Å². The second-order valence-electron chi connectivity index (χ2n) is 9.33. The van der Waals surface area contributed by atoms with E-state index >= 15 is 0 Å². The third kappa shape index (κ3) is 5.18. The van der Waals surface area contributed by atoms with Crippen LogP contribution in [-0.2, 0) is 21.2 Å². The molecule has 168 valence electrons. The first kappa shape index (κ1) is 22.4. The Labute approximate surface area is 188 Å². The lowest BCUT2D eigenvalue weighted by atomic mass is 9.84. The number of carbonyl (C=O) groups excluding carboxylic acids is 1. The van der Waals surface area contributed by atoms with Gasteiger partial charge in [-0.25, -0.2) is 18.1 Å². The van der Waals surface area contributed by atoms with Crippen LogP contribution < -0.4 is 10.0 Å². The van der Waals surface area contributed by atoms with Crippen molar-refractivity contribution in [1.29, 1.82) is 0 Å². The summed E-state index contributed by atoms with van der Waals surface area (Å²) in [4.78, 5) is 17.0. The van der Waals surface area contributed by atoms with E-state index < -0.39 is 10.0 Å². The number of fused-ring (bicyclic) bond motifs is 2. The fourth-order valence-corrected chi connectivity index (χ4v) is 7.19. The highest BCUT2D eigenvalue weighted by Crippen LogP contribution is 2.49. The summed E-state index contributed by atoms with van der Waals surface area (Å²) in [7, 11) is -3.58. The third-order valence-corrected chi connectivity index (χ3v) is 9.40. The Morgan fingerprint density at radius 1 is 1.16 bits per heavy atom. The average molecular weight is 462 g/mol. The standard InChI is InChI=1S/C23H31N3O3S2/c1-14(2)23-25-19(13-30-23)12-22(27)24-18-6-8-20(9-7-18)31(28,29)26-15(3)21-11-16-4-5-17(21)10-16/h6-9,13-17,21,26H,4-5,10-12H2,1-3H3,(H,24,27). The van der Waals surface area contributed by atoms with Crippen LogP contribution in [0.4, 0.5) is 5.69 Å². The van der Waals surface area contributed by atoms with Gasteiger partial charge in [0.25, 0.3) is 0 Å². The summed E-state index contributed by atoms with van der Waals surface area (Å²) in [6.45, 7) is 6.14. The van der Waals surface area contributed by atoms with E-state index in [2.05, 4.69) is 28.9 Å². The molecule has 2 aliphatic rings. The molecule has 4 atom stereocenters. The van der Waals surface area contributed by atoms with Gasteiger partial charge in [-0.15, -0.1) is 11.3 Å². The quantitative estimate of drug-likeness (QED) is 0.604. The molecule has 4 rings (SSSR count). The van der Waals surface area contributed by atoms with Gasteiger partial charge in [-0.1, -0.05) is 20.3 Å². The highest BCUT2D eigenvalue weighted by Gasteiger charge is 2.42. The molecule has 2 aliphatic carbocycles. The molecular formula is C23H31N3O3S2. The summed E-state index contributed by atoms with van der Waals surface area (Å²) >= 11 is 1.56. The maximum absolute atomic E-state index is 12.8. The number of hydrogen-bond acceptors (Lipinski definition) is 5. The Bertz CT molecular complexity index is 1030. The molecule has 2 N–H and O–H groups in total. The smallest absolute Gasteiger partial charge is 0.240 e. The van der Waals surface area contributed by atoms with Crippen molar-refractivity contribution in [3.05, 3.63) is 40.3 Å². The van der Waals surface area contributed by atoms with Gasteiger partial charge in [0.05, 0.1) is 22.0 Å². The zero-order valence-corrected chi connectivity index (χ0v) is 19.9. The van der Waals surface area contributed by atoms with Crippen molar-refractivity contribution in [2.24, 2.45) is 17.8 Å². The molecule has 2 aromatic rings. The molecular weight excluding hydrogens is 430 g/mol. The largest absolute Gasteiger partial charge is 0.326 e. The van der Waals surface area contributed by atoms with Crippen LogP contribution >= 0.6 is 11.3 Å². The maximum Gasteiger partial charge on any atom is 0.240 e. The van der Waals surface area contributed by atoms with Gasteiger partial charge in [0.15, 0.2) is 0 Å². The first-order valence-corrected chi connectivity index (χ1v) is 13.4. The van der Waals surface area contributed by atoms with E-state index in [1.807, 2.05) is 12.3 Å². The lowest BCUT2D eigenvalue weighted by Crippen LogP contribution is -2.40. The molecule has 0 spiro atoms. The summed E-state index contributed by atoms with van der Waals surface area (Å²) in [6.07, 6.45) is 5.12. The predicted molar refractivity (Wildman–Crippen MR) is 124 cm³/mol. The Morgan fingerprint density at radius 2 is 1.90 bits per heavy atom. The van der Waals surface area contributed by atoms with E-state index in [1.54, 1.807) is 35.6 Å². The van der Waals surface area contributed by atoms with Crippen LogP contribution in [0.3, 0.4) is 0 Å². The number of amides is 1. The van der Waals surface area contributed by atoms with Crippen LogP contribution in [0.1, 0.15) is 63.1 Å². The fourth-order valence-electron chi connectivity index (χ4n) is 5.06. The van der Waals surface area contributed by atoms with Gasteiger partial charge in [0, 0.05) is 23.0 Å². The lowest BCUT2D eigenvalue weighted by Gasteiger charge is -2.28. The molecule has 2 saturated carbocycles. The molecule has 1 heterocycles. The zero-order valence-electron chi connectivity index (χ0n) is 18.3. The number of hydrogen-bond donors (Lipinski definition) is 2. The topological polar surface area (TPSA) is 88.2 Å². The second kappa shape index (κ2) is 9.00. The number of benzene rings is 1.